The second-order valence-corrected chi connectivity index (χ2v) is 5.58. The molecule has 5 heteroatoms. The first-order valence-corrected chi connectivity index (χ1v) is 7.74. The van der Waals surface area contributed by atoms with Gasteiger partial charge in [0.2, 0.25) is 5.91 Å². The zero-order chi connectivity index (χ0) is 14.2. The van der Waals surface area contributed by atoms with Crippen LogP contribution in [-0.4, -0.2) is 21.6 Å². The van der Waals surface area contributed by atoms with Gasteiger partial charge in [-0.05, 0) is 18.6 Å². The van der Waals surface area contributed by atoms with Crippen LogP contribution in [0.1, 0.15) is 31.6 Å². The molecule has 1 unspecified atom stereocenters. The maximum Gasteiger partial charge on any atom is 0.221 e. The number of hydrogen-bond donors (Lipinski definition) is 2. The molecular weight excluding hydrogens is 270 g/mol. The van der Waals surface area contributed by atoms with E-state index in [1.807, 2.05) is 25.1 Å². The quantitative estimate of drug-likeness (QED) is 0.770. The first kappa shape index (κ1) is 14.7. The van der Waals surface area contributed by atoms with Crippen molar-refractivity contribution < 1.29 is 4.79 Å². The van der Waals surface area contributed by atoms with Gasteiger partial charge in [0.25, 0.3) is 0 Å². The van der Waals surface area contributed by atoms with Crippen molar-refractivity contribution in [2.75, 3.05) is 5.75 Å². The molecule has 0 aliphatic heterocycles. The summed E-state index contributed by atoms with van der Waals surface area (Å²) < 4.78 is 0. The summed E-state index contributed by atoms with van der Waals surface area (Å²) in [4.78, 5) is 20.4. The Morgan fingerprint density at radius 3 is 2.85 bits per heavy atom. The van der Waals surface area contributed by atoms with E-state index in [0.717, 1.165) is 18.0 Å². The molecule has 0 saturated carbocycles. The Morgan fingerprint density at radius 1 is 1.40 bits per heavy atom. The fourth-order valence-electron chi connectivity index (χ4n) is 1.88. The van der Waals surface area contributed by atoms with Gasteiger partial charge in [-0.15, -0.1) is 11.8 Å². The van der Waals surface area contributed by atoms with Crippen LogP contribution in [0.15, 0.2) is 47.6 Å². The van der Waals surface area contributed by atoms with Crippen molar-refractivity contribution in [3.8, 4) is 0 Å². The summed E-state index contributed by atoms with van der Waals surface area (Å²) >= 11 is 1.70. The summed E-state index contributed by atoms with van der Waals surface area (Å²) in [5.41, 5.74) is 0. The Balaban J connectivity index is 1.75. The Bertz CT molecular complexity index is 513. The number of imidazole rings is 1. The molecule has 2 N–H and O–H groups in total. The number of carbonyl (C=O) groups excluding carboxylic acids is 1. The summed E-state index contributed by atoms with van der Waals surface area (Å²) in [6.45, 7) is 2.03. The van der Waals surface area contributed by atoms with E-state index in [-0.39, 0.29) is 11.9 Å². The molecule has 106 valence electrons. The monoisotopic (exact) mass is 289 g/mol. The zero-order valence-electron chi connectivity index (χ0n) is 11.5. The summed E-state index contributed by atoms with van der Waals surface area (Å²) in [5.74, 6) is 1.66. The molecule has 0 bridgehead atoms. The molecule has 2 aromatic rings. The summed E-state index contributed by atoms with van der Waals surface area (Å²) in [6.07, 6.45) is 4.81. The molecule has 1 heterocycles. The van der Waals surface area contributed by atoms with E-state index in [9.17, 15) is 4.79 Å². The highest BCUT2D eigenvalue weighted by Gasteiger charge is 2.14. The minimum atomic E-state index is -0.0285. The lowest BCUT2D eigenvalue weighted by Crippen LogP contribution is -2.29. The third-order valence-corrected chi connectivity index (χ3v) is 3.95. The highest BCUT2D eigenvalue weighted by Crippen LogP contribution is 2.18. The standard InChI is InChI=1S/C15H19N3OS/c1-2-13(15-16-9-10-17-15)18-14(19)8-11-20-12-6-4-3-5-7-12/h3-7,9-10,13H,2,8,11H2,1H3,(H,16,17)(H,18,19). The minimum Gasteiger partial charge on any atom is -0.347 e. The average Bonchev–Trinajstić information content (AvgIpc) is 3.00. The van der Waals surface area contributed by atoms with Gasteiger partial charge >= 0.3 is 0 Å². The lowest BCUT2D eigenvalue weighted by atomic mass is 10.2. The summed E-state index contributed by atoms with van der Waals surface area (Å²) in [6, 6.07) is 10.1. The predicted octanol–water partition coefficient (Wildman–Crippen LogP) is 3.16. The first-order chi connectivity index (χ1) is 9.79. The number of nitrogens with zero attached hydrogens (tertiary/aromatic N) is 1. The normalized spacial score (nSPS) is 12.1. The zero-order valence-corrected chi connectivity index (χ0v) is 12.3. The number of aromatic nitrogens is 2. The van der Waals surface area contributed by atoms with Gasteiger partial charge in [-0.3, -0.25) is 4.79 Å². The van der Waals surface area contributed by atoms with E-state index in [1.165, 1.54) is 4.90 Å². The highest BCUT2D eigenvalue weighted by molar-refractivity contribution is 7.99. The third-order valence-electron chi connectivity index (χ3n) is 2.93. The molecule has 1 amide bonds. The molecule has 20 heavy (non-hydrogen) atoms. The molecule has 1 atom stereocenters. The summed E-state index contributed by atoms with van der Waals surface area (Å²) in [7, 11) is 0. The number of nitrogens with one attached hydrogen (secondary N) is 2. The van der Waals surface area contributed by atoms with Crippen molar-refractivity contribution in [1.82, 2.24) is 15.3 Å². The van der Waals surface area contributed by atoms with Crippen molar-refractivity contribution in [2.45, 2.75) is 30.7 Å². The van der Waals surface area contributed by atoms with Crippen molar-refractivity contribution in [1.29, 1.82) is 0 Å². The van der Waals surface area contributed by atoms with Gasteiger partial charge < -0.3 is 10.3 Å². The summed E-state index contributed by atoms with van der Waals surface area (Å²) in [5, 5.41) is 3.01. The maximum absolute atomic E-state index is 11.9. The van der Waals surface area contributed by atoms with Gasteiger partial charge in [0.1, 0.15) is 5.82 Å². The van der Waals surface area contributed by atoms with Gasteiger partial charge in [0.15, 0.2) is 0 Å². The van der Waals surface area contributed by atoms with E-state index in [2.05, 4.69) is 27.4 Å². The van der Waals surface area contributed by atoms with Crippen LogP contribution in [0.5, 0.6) is 0 Å². The lowest BCUT2D eigenvalue weighted by Gasteiger charge is -2.14. The van der Waals surface area contributed by atoms with Gasteiger partial charge in [-0.2, -0.15) is 0 Å². The van der Waals surface area contributed by atoms with E-state index in [0.29, 0.717) is 6.42 Å². The Kier molecular flexibility index (Phi) is 5.68. The number of rotatable bonds is 7. The topological polar surface area (TPSA) is 57.8 Å². The molecule has 0 radical (unpaired) electrons. The Morgan fingerprint density at radius 2 is 2.20 bits per heavy atom. The molecule has 1 aromatic carbocycles. The SMILES string of the molecule is CCC(NC(=O)CCSc1ccccc1)c1ncc[nH]1. The van der Waals surface area contributed by atoms with E-state index in [1.54, 1.807) is 24.2 Å². The van der Waals surface area contributed by atoms with Crippen molar-refractivity contribution >= 4 is 17.7 Å². The van der Waals surface area contributed by atoms with Crippen molar-refractivity contribution in [3.63, 3.8) is 0 Å². The molecule has 0 saturated heterocycles. The average molecular weight is 289 g/mol. The molecule has 4 nitrogen and oxygen atoms in total. The molecule has 0 fully saturated rings. The Hall–Kier alpha value is -1.75. The number of amides is 1. The number of thioether (sulfide) groups is 1. The smallest absolute Gasteiger partial charge is 0.221 e. The van der Waals surface area contributed by atoms with Crippen molar-refractivity contribution in [2.24, 2.45) is 0 Å². The fraction of sp³-hybridized carbons (Fsp3) is 0.333. The van der Waals surface area contributed by atoms with E-state index >= 15 is 0 Å². The van der Waals surface area contributed by atoms with Crippen LogP contribution in [0.2, 0.25) is 0 Å². The van der Waals surface area contributed by atoms with Crippen LogP contribution in [0.25, 0.3) is 0 Å². The Labute approximate surface area is 123 Å². The minimum absolute atomic E-state index is 0.0285. The highest BCUT2D eigenvalue weighted by atomic mass is 32.2. The number of H-pyrrole nitrogens is 1. The number of aromatic amines is 1. The van der Waals surface area contributed by atoms with Crippen LogP contribution < -0.4 is 5.32 Å². The second kappa shape index (κ2) is 7.75. The lowest BCUT2D eigenvalue weighted by molar-refractivity contribution is -0.121. The number of benzene rings is 1. The van der Waals surface area contributed by atoms with E-state index < -0.39 is 0 Å². The van der Waals surface area contributed by atoms with Crippen LogP contribution in [0.3, 0.4) is 0 Å². The maximum atomic E-state index is 11.9. The third kappa shape index (κ3) is 4.42. The van der Waals surface area contributed by atoms with Crippen LogP contribution in [0.4, 0.5) is 0 Å². The molecular formula is C15H19N3OS. The second-order valence-electron chi connectivity index (χ2n) is 4.41. The van der Waals surface area contributed by atoms with Crippen LogP contribution in [-0.2, 0) is 4.79 Å². The van der Waals surface area contributed by atoms with Crippen molar-refractivity contribution in [3.05, 3.63) is 48.5 Å². The van der Waals surface area contributed by atoms with Gasteiger partial charge in [0, 0.05) is 29.5 Å². The predicted molar refractivity (Wildman–Crippen MR) is 81.5 cm³/mol. The van der Waals surface area contributed by atoms with Crippen LogP contribution in [0, 0.1) is 0 Å². The van der Waals surface area contributed by atoms with E-state index in [4.69, 9.17) is 0 Å². The largest absolute Gasteiger partial charge is 0.347 e. The first-order valence-electron chi connectivity index (χ1n) is 6.76. The molecule has 0 aliphatic rings. The van der Waals surface area contributed by atoms with Gasteiger partial charge in [-0.1, -0.05) is 25.1 Å². The molecule has 0 aliphatic carbocycles. The molecule has 0 spiro atoms. The number of hydrogen-bond acceptors (Lipinski definition) is 3. The fourth-order valence-corrected chi connectivity index (χ4v) is 2.75. The van der Waals surface area contributed by atoms with Gasteiger partial charge in [-0.25, -0.2) is 4.98 Å². The van der Waals surface area contributed by atoms with Crippen LogP contribution >= 0.6 is 11.8 Å². The van der Waals surface area contributed by atoms with Gasteiger partial charge in [0.05, 0.1) is 6.04 Å². The molecule has 1 aromatic heterocycles. The number of carbonyl (C=O) groups is 1. The molecule has 2 rings (SSSR count).